The van der Waals surface area contributed by atoms with Gasteiger partial charge in [0.25, 0.3) is 0 Å². The molecule has 0 N–H and O–H groups in total. The zero-order valence-electron chi connectivity index (χ0n) is 7.10. The second kappa shape index (κ2) is 3.92. The van der Waals surface area contributed by atoms with Crippen LogP contribution in [0.2, 0.25) is 0 Å². The average molecular weight is 162 g/mol. The van der Waals surface area contributed by atoms with E-state index in [-0.39, 0.29) is 5.82 Å². The molecule has 0 bridgehead atoms. The predicted molar refractivity (Wildman–Crippen MR) is 48.3 cm³/mol. The normalized spacial score (nSPS) is 9.42. The minimum Gasteiger partial charge on any atom is -0.207 e. The summed E-state index contributed by atoms with van der Waals surface area (Å²) >= 11 is 0. The highest BCUT2D eigenvalue weighted by molar-refractivity contribution is 5.24. The molecule has 0 fully saturated rings. The van der Waals surface area contributed by atoms with E-state index < -0.39 is 0 Å². The molecule has 0 nitrogen and oxygen atoms in total. The van der Waals surface area contributed by atoms with Crippen LogP contribution in [0.4, 0.5) is 4.39 Å². The molecule has 0 aliphatic carbocycles. The standard InChI is InChI=1S/C11H11F/c1-3-4-5-10-8-9(2)6-7-11(10)12/h1,6-8H,4-5H2,2H3. The van der Waals surface area contributed by atoms with E-state index in [2.05, 4.69) is 5.92 Å². The quantitative estimate of drug-likeness (QED) is 0.586. The third-order valence-electron chi connectivity index (χ3n) is 1.74. The maximum atomic E-state index is 13.0. The lowest BCUT2D eigenvalue weighted by Crippen LogP contribution is -1.90. The molecule has 12 heavy (non-hydrogen) atoms. The van der Waals surface area contributed by atoms with Crippen molar-refractivity contribution in [2.75, 3.05) is 0 Å². The molecule has 0 saturated heterocycles. The average Bonchev–Trinajstić information content (AvgIpc) is 2.07. The van der Waals surface area contributed by atoms with Gasteiger partial charge in [0.1, 0.15) is 5.82 Å². The fourth-order valence-corrected chi connectivity index (χ4v) is 1.10. The Bertz CT molecular complexity index is 307. The molecule has 1 rings (SSSR count). The van der Waals surface area contributed by atoms with Crippen molar-refractivity contribution in [3.63, 3.8) is 0 Å². The summed E-state index contributed by atoms with van der Waals surface area (Å²) in [5, 5.41) is 0. The Morgan fingerprint density at radius 2 is 2.25 bits per heavy atom. The first-order valence-electron chi connectivity index (χ1n) is 3.92. The van der Waals surface area contributed by atoms with E-state index in [0.717, 1.165) is 5.56 Å². The largest absolute Gasteiger partial charge is 0.207 e. The Hall–Kier alpha value is -1.29. The van der Waals surface area contributed by atoms with Crippen molar-refractivity contribution in [3.05, 3.63) is 35.1 Å². The number of terminal acetylenes is 1. The summed E-state index contributed by atoms with van der Waals surface area (Å²) in [6.07, 6.45) is 6.32. The summed E-state index contributed by atoms with van der Waals surface area (Å²) < 4.78 is 13.0. The molecule has 1 aromatic carbocycles. The van der Waals surface area contributed by atoms with Gasteiger partial charge in [0, 0.05) is 6.42 Å². The van der Waals surface area contributed by atoms with Gasteiger partial charge < -0.3 is 0 Å². The van der Waals surface area contributed by atoms with Crippen LogP contribution >= 0.6 is 0 Å². The smallest absolute Gasteiger partial charge is 0.126 e. The molecule has 1 heteroatoms. The molecule has 62 valence electrons. The number of rotatable bonds is 2. The molecule has 0 atom stereocenters. The first-order chi connectivity index (χ1) is 5.74. The first kappa shape index (κ1) is 8.80. The van der Waals surface area contributed by atoms with Crippen LogP contribution in [0, 0.1) is 25.1 Å². The lowest BCUT2D eigenvalue weighted by Gasteiger charge is -2.01. The molecule has 0 saturated carbocycles. The van der Waals surface area contributed by atoms with Crippen LogP contribution in [0.1, 0.15) is 17.5 Å². The summed E-state index contributed by atoms with van der Waals surface area (Å²) in [6.45, 7) is 1.94. The topological polar surface area (TPSA) is 0 Å². The van der Waals surface area contributed by atoms with E-state index in [4.69, 9.17) is 6.42 Å². The van der Waals surface area contributed by atoms with Gasteiger partial charge in [0.05, 0.1) is 0 Å². The maximum absolute atomic E-state index is 13.0. The number of hydrogen-bond donors (Lipinski definition) is 0. The second-order valence-electron chi connectivity index (χ2n) is 2.80. The van der Waals surface area contributed by atoms with Crippen molar-refractivity contribution < 1.29 is 4.39 Å². The molecule has 0 aliphatic heterocycles. The van der Waals surface area contributed by atoms with E-state index in [9.17, 15) is 4.39 Å². The zero-order chi connectivity index (χ0) is 8.97. The minimum absolute atomic E-state index is 0.157. The molecule has 0 amide bonds. The van der Waals surface area contributed by atoms with Crippen molar-refractivity contribution in [2.24, 2.45) is 0 Å². The molecule has 0 spiro atoms. The van der Waals surface area contributed by atoms with Gasteiger partial charge in [-0.3, -0.25) is 0 Å². The van der Waals surface area contributed by atoms with Gasteiger partial charge in [-0.05, 0) is 25.0 Å². The summed E-state index contributed by atoms with van der Waals surface area (Å²) in [4.78, 5) is 0. The number of benzene rings is 1. The number of hydrogen-bond acceptors (Lipinski definition) is 0. The van der Waals surface area contributed by atoms with E-state index >= 15 is 0 Å². The Labute approximate surface area is 72.4 Å². The number of halogens is 1. The zero-order valence-corrected chi connectivity index (χ0v) is 7.10. The third-order valence-corrected chi connectivity index (χ3v) is 1.74. The van der Waals surface area contributed by atoms with Crippen LogP contribution in [-0.4, -0.2) is 0 Å². The van der Waals surface area contributed by atoms with Crippen LogP contribution < -0.4 is 0 Å². The molecule has 0 aromatic heterocycles. The van der Waals surface area contributed by atoms with E-state index in [1.807, 2.05) is 13.0 Å². The van der Waals surface area contributed by atoms with Crippen LogP contribution in [0.5, 0.6) is 0 Å². The van der Waals surface area contributed by atoms with Gasteiger partial charge in [-0.2, -0.15) is 0 Å². The van der Waals surface area contributed by atoms with E-state index in [1.54, 1.807) is 6.07 Å². The Morgan fingerprint density at radius 1 is 1.50 bits per heavy atom. The monoisotopic (exact) mass is 162 g/mol. The molecule has 0 radical (unpaired) electrons. The molecule has 1 aromatic rings. The molecular formula is C11H11F. The van der Waals surface area contributed by atoms with Gasteiger partial charge in [-0.25, -0.2) is 4.39 Å². The Kier molecular flexibility index (Phi) is 2.88. The van der Waals surface area contributed by atoms with Crippen LogP contribution in [0.3, 0.4) is 0 Å². The second-order valence-corrected chi connectivity index (χ2v) is 2.80. The molecule has 0 unspecified atom stereocenters. The highest BCUT2D eigenvalue weighted by Gasteiger charge is 2.00. The summed E-state index contributed by atoms with van der Waals surface area (Å²) in [6, 6.07) is 5.09. The van der Waals surface area contributed by atoms with Crippen LogP contribution in [0.25, 0.3) is 0 Å². The highest BCUT2D eigenvalue weighted by atomic mass is 19.1. The van der Waals surface area contributed by atoms with Crippen LogP contribution in [0.15, 0.2) is 18.2 Å². The Balaban J connectivity index is 2.84. The van der Waals surface area contributed by atoms with Crippen molar-refractivity contribution >= 4 is 0 Å². The van der Waals surface area contributed by atoms with Gasteiger partial charge in [0.2, 0.25) is 0 Å². The summed E-state index contributed by atoms with van der Waals surface area (Å²) in [7, 11) is 0. The van der Waals surface area contributed by atoms with Crippen molar-refractivity contribution in [1.29, 1.82) is 0 Å². The van der Waals surface area contributed by atoms with Gasteiger partial charge in [-0.15, -0.1) is 12.3 Å². The lowest BCUT2D eigenvalue weighted by molar-refractivity contribution is 0.609. The molecular weight excluding hydrogens is 151 g/mol. The lowest BCUT2D eigenvalue weighted by atomic mass is 10.1. The predicted octanol–water partition coefficient (Wildman–Crippen LogP) is 2.70. The van der Waals surface area contributed by atoms with Crippen molar-refractivity contribution in [1.82, 2.24) is 0 Å². The maximum Gasteiger partial charge on any atom is 0.126 e. The first-order valence-corrected chi connectivity index (χ1v) is 3.92. The van der Waals surface area contributed by atoms with Gasteiger partial charge in [-0.1, -0.05) is 17.7 Å². The van der Waals surface area contributed by atoms with Crippen molar-refractivity contribution in [3.8, 4) is 12.3 Å². The highest BCUT2D eigenvalue weighted by Crippen LogP contribution is 2.11. The molecule has 0 aliphatic rings. The SMILES string of the molecule is C#CCCc1cc(C)ccc1F. The van der Waals surface area contributed by atoms with E-state index in [0.29, 0.717) is 18.4 Å². The summed E-state index contributed by atoms with van der Waals surface area (Å²) in [5.41, 5.74) is 1.79. The van der Waals surface area contributed by atoms with Crippen LogP contribution in [-0.2, 0) is 6.42 Å². The number of aryl methyl sites for hydroxylation is 2. The van der Waals surface area contributed by atoms with E-state index in [1.165, 1.54) is 6.07 Å². The minimum atomic E-state index is -0.157. The fourth-order valence-electron chi connectivity index (χ4n) is 1.10. The Morgan fingerprint density at radius 3 is 2.92 bits per heavy atom. The fraction of sp³-hybridized carbons (Fsp3) is 0.273. The summed E-state index contributed by atoms with van der Waals surface area (Å²) in [5.74, 6) is 2.34. The molecule has 0 heterocycles. The van der Waals surface area contributed by atoms with Crippen molar-refractivity contribution in [2.45, 2.75) is 19.8 Å². The van der Waals surface area contributed by atoms with Gasteiger partial charge in [0.15, 0.2) is 0 Å². The van der Waals surface area contributed by atoms with Gasteiger partial charge >= 0.3 is 0 Å². The third kappa shape index (κ3) is 2.10.